The summed E-state index contributed by atoms with van der Waals surface area (Å²) in [4.78, 5) is 15.3. The molecule has 1 rings (SSSR count). The molecule has 0 spiro atoms. The molecule has 1 heterocycles. The third-order valence-electron chi connectivity index (χ3n) is 3.58. The van der Waals surface area contributed by atoms with Crippen molar-refractivity contribution in [2.24, 2.45) is 5.92 Å². The lowest BCUT2D eigenvalue weighted by atomic mass is 9.90. The zero-order valence-electron chi connectivity index (χ0n) is 12.9. The molecule has 0 fully saturated rings. The minimum atomic E-state index is -0.809. The van der Waals surface area contributed by atoms with E-state index in [2.05, 4.69) is 29.8 Å². The van der Waals surface area contributed by atoms with Crippen molar-refractivity contribution in [2.75, 3.05) is 13.6 Å². The summed E-state index contributed by atoms with van der Waals surface area (Å²) in [6, 6.07) is 4.27. The first-order chi connectivity index (χ1) is 9.28. The number of likely N-dealkylation sites (N-methyl/N-ethyl adjacent to an activating group) is 1. The number of nitrogens with one attached hydrogen (secondary N) is 1. The highest BCUT2D eigenvalue weighted by Gasteiger charge is 2.30. The molecule has 0 saturated carbocycles. The van der Waals surface area contributed by atoms with Crippen LogP contribution < -0.4 is 5.32 Å². The van der Waals surface area contributed by atoms with Gasteiger partial charge in [-0.25, -0.2) is 0 Å². The Balaban J connectivity index is 2.54. The fourth-order valence-electron chi connectivity index (χ4n) is 1.74. The number of carbonyl (C=O) groups excluding carboxylic acids is 1. The van der Waals surface area contributed by atoms with Gasteiger partial charge in [0, 0.05) is 11.4 Å². The van der Waals surface area contributed by atoms with Gasteiger partial charge in [0.15, 0.2) is 0 Å². The van der Waals surface area contributed by atoms with Crippen LogP contribution in [0.4, 0.5) is 0 Å². The average Bonchev–Trinajstić information content (AvgIpc) is 2.74. The van der Waals surface area contributed by atoms with E-state index in [-0.39, 0.29) is 11.8 Å². The molecular formula is C15H23N3OS. The summed E-state index contributed by atoms with van der Waals surface area (Å²) in [5.41, 5.74) is 0.447. The van der Waals surface area contributed by atoms with Crippen LogP contribution in [0.5, 0.6) is 0 Å². The van der Waals surface area contributed by atoms with Gasteiger partial charge in [0.25, 0.3) is 0 Å². The highest BCUT2D eigenvalue weighted by atomic mass is 32.1. The second-order valence-electron chi connectivity index (χ2n) is 5.72. The molecule has 1 N–H and O–H groups in total. The smallest absolute Gasteiger partial charge is 0.235 e. The minimum absolute atomic E-state index is 0.0706. The summed E-state index contributed by atoms with van der Waals surface area (Å²) in [5, 5.41) is 14.1. The van der Waals surface area contributed by atoms with Crippen molar-refractivity contribution in [2.45, 2.75) is 39.8 Å². The van der Waals surface area contributed by atoms with Gasteiger partial charge in [0.1, 0.15) is 5.54 Å². The van der Waals surface area contributed by atoms with Crippen molar-refractivity contribution in [3.05, 3.63) is 21.9 Å². The number of carbonyl (C=O) groups is 1. The molecule has 0 aromatic carbocycles. The summed E-state index contributed by atoms with van der Waals surface area (Å²) >= 11 is 1.70. The number of nitrogens with zero attached hydrogens (tertiary/aromatic N) is 2. The van der Waals surface area contributed by atoms with E-state index in [1.165, 1.54) is 10.4 Å². The third kappa shape index (κ3) is 4.32. The molecule has 0 aliphatic carbocycles. The lowest BCUT2D eigenvalue weighted by Crippen LogP contribution is -2.51. The molecule has 0 saturated heterocycles. The largest absolute Gasteiger partial charge is 0.337 e. The van der Waals surface area contributed by atoms with Gasteiger partial charge < -0.3 is 5.32 Å². The van der Waals surface area contributed by atoms with E-state index >= 15 is 0 Å². The average molecular weight is 293 g/mol. The van der Waals surface area contributed by atoms with Crippen LogP contribution in [0.2, 0.25) is 0 Å². The number of nitriles is 1. The molecule has 1 unspecified atom stereocenters. The van der Waals surface area contributed by atoms with Gasteiger partial charge in [-0.2, -0.15) is 5.26 Å². The van der Waals surface area contributed by atoms with Gasteiger partial charge >= 0.3 is 0 Å². The van der Waals surface area contributed by atoms with Gasteiger partial charge in [-0.1, -0.05) is 13.8 Å². The molecular weight excluding hydrogens is 270 g/mol. The Morgan fingerprint density at radius 1 is 1.60 bits per heavy atom. The number of hydrogen-bond acceptors (Lipinski definition) is 4. The Morgan fingerprint density at radius 2 is 2.25 bits per heavy atom. The summed E-state index contributed by atoms with van der Waals surface area (Å²) in [5.74, 6) is -0.0410. The van der Waals surface area contributed by atoms with E-state index < -0.39 is 5.54 Å². The van der Waals surface area contributed by atoms with Crippen LogP contribution >= 0.6 is 11.3 Å². The predicted molar refractivity (Wildman–Crippen MR) is 82.4 cm³/mol. The second kappa shape index (κ2) is 6.87. The highest BCUT2D eigenvalue weighted by molar-refractivity contribution is 7.10. The normalized spacial score (nSPS) is 14.1. The van der Waals surface area contributed by atoms with Crippen LogP contribution in [0.3, 0.4) is 0 Å². The first kappa shape index (κ1) is 16.7. The van der Waals surface area contributed by atoms with Crippen molar-refractivity contribution in [3.8, 4) is 6.07 Å². The van der Waals surface area contributed by atoms with E-state index in [0.717, 1.165) is 6.54 Å². The molecule has 1 amide bonds. The Labute approximate surface area is 125 Å². The standard InChI is InChI=1S/C15H23N3OS/c1-11(2)15(4,10-16)17-14(19)9-18(5)8-13-12(3)6-7-20-13/h6-7,11H,8-9H2,1-5H3,(H,17,19). The van der Waals surface area contributed by atoms with Crippen molar-refractivity contribution >= 4 is 17.2 Å². The van der Waals surface area contributed by atoms with Crippen LogP contribution in [0.15, 0.2) is 11.4 Å². The zero-order chi connectivity index (χ0) is 15.3. The quantitative estimate of drug-likeness (QED) is 0.877. The molecule has 1 aromatic heterocycles. The van der Waals surface area contributed by atoms with Crippen molar-refractivity contribution < 1.29 is 4.79 Å². The van der Waals surface area contributed by atoms with E-state index in [1.807, 2.05) is 25.8 Å². The summed E-state index contributed by atoms with van der Waals surface area (Å²) in [6.45, 7) is 8.75. The minimum Gasteiger partial charge on any atom is -0.337 e. The van der Waals surface area contributed by atoms with Crippen LogP contribution in [0, 0.1) is 24.2 Å². The molecule has 0 aliphatic heterocycles. The Hall–Kier alpha value is -1.38. The van der Waals surface area contributed by atoms with Gasteiger partial charge in [0.2, 0.25) is 5.91 Å². The van der Waals surface area contributed by atoms with E-state index in [9.17, 15) is 10.1 Å². The first-order valence-corrected chi connectivity index (χ1v) is 7.60. The van der Waals surface area contributed by atoms with Crippen LogP contribution in [0.1, 0.15) is 31.2 Å². The second-order valence-corrected chi connectivity index (χ2v) is 6.72. The molecule has 4 nitrogen and oxygen atoms in total. The van der Waals surface area contributed by atoms with Crippen LogP contribution in [-0.4, -0.2) is 29.9 Å². The SMILES string of the molecule is Cc1ccsc1CN(C)CC(=O)NC(C)(C#N)C(C)C. The number of aryl methyl sites for hydroxylation is 1. The Morgan fingerprint density at radius 3 is 2.70 bits per heavy atom. The molecule has 0 aliphatic rings. The van der Waals surface area contributed by atoms with Gasteiger partial charge in [0.05, 0.1) is 12.6 Å². The van der Waals surface area contributed by atoms with Crippen LogP contribution in [-0.2, 0) is 11.3 Å². The number of thiophene rings is 1. The van der Waals surface area contributed by atoms with E-state index in [1.54, 1.807) is 18.3 Å². The van der Waals surface area contributed by atoms with Crippen LogP contribution in [0.25, 0.3) is 0 Å². The summed E-state index contributed by atoms with van der Waals surface area (Å²) < 4.78 is 0. The predicted octanol–water partition coefficient (Wildman–Crippen LogP) is 2.54. The number of amides is 1. The van der Waals surface area contributed by atoms with Gasteiger partial charge in [-0.15, -0.1) is 11.3 Å². The monoisotopic (exact) mass is 293 g/mol. The molecule has 1 atom stereocenters. The number of rotatable bonds is 6. The summed E-state index contributed by atoms with van der Waals surface area (Å²) in [6.07, 6.45) is 0. The zero-order valence-corrected chi connectivity index (χ0v) is 13.7. The molecule has 0 radical (unpaired) electrons. The lowest BCUT2D eigenvalue weighted by Gasteiger charge is -2.28. The maximum atomic E-state index is 12.0. The molecule has 1 aromatic rings. The van der Waals surface area contributed by atoms with E-state index in [4.69, 9.17) is 0 Å². The molecule has 5 heteroatoms. The van der Waals surface area contributed by atoms with Crippen molar-refractivity contribution in [3.63, 3.8) is 0 Å². The molecule has 0 bridgehead atoms. The van der Waals surface area contributed by atoms with Crippen molar-refractivity contribution in [1.29, 1.82) is 5.26 Å². The lowest BCUT2D eigenvalue weighted by molar-refractivity contribution is -0.123. The first-order valence-electron chi connectivity index (χ1n) is 6.72. The fraction of sp³-hybridized carbons (Fsp3) is 0.600. The fourth-order valence-corrected chi connectivity index (χ4v) is 2.73. The highest BCUT2D eigenvalue weighted by Crippen LogP contribution is 2.17. The van der Waals surface area contributed by atoms with Gasteiger partial charge in [-0.05, 0) is 43.8 Å². The number of hydrogen-bond donors (Lipinski definition) is 1. The Bertz CT molecular complexity index is 503. The Kier molecular flexibility index (Phi) is 5.73. The maximum absolute atomic E-state index is 12.0. The maximum Gasteiger partial charge on any atom is 0.235 e. The third-order valence-corrected chi connectivity index (χ3v) is 4.59. The molecule has 110 valence electrons. The van der Waals surface area contributed by atoms with Crippen molar-refractivity contribution in [1.82, 2.24) is 10.2 Å². The topological polar surface area (TPSA) is 56.1 Å². The van der Waals surface area contributed by atoms with E-state index in [0.29, 0.717) is 6.54 Å². The summed E-state index contributed by atoms with van der Waals surface area (Å²) in [7, 11) is 1.91. The molecule has 20 heavy (non-hydrogen) atoms. The van der Waals surface area contributed by atoms with Gasteiger partial charge in [-0.3, -0.25) is 9.69 Å².